The molecule has 6 aliphatic carbocycles. The molecule has 4 saturated heterocycles. The number of hydrogen-bond donors (Lipinski definition) is 5. The first kappa shape index (κ1) is 85.4. The van der Waals surface area contributed by atoms with E-state index < -0.39 is 137 Å². The van der Waals surface area contributed by atoms with Crippen molar-refractivity contribution in [2.75, 3.05) is 66.7 Å². The number of aromatic carboxylic acids is 1. The van der Waals surface area contributed by atoms with Crippen LogP contribution in [0.3, 0.4) is 0 Å². The van der Waals surface area contributed by atoms with Gasteiger partial charge in [-0.2, -0.15) is 0 Å². The first-order valence-corrected chi connectivity index (χ1v) is 39.4. The molecule has 4 aromatic rings. The zero-order valence-electron chi connectivity index (χ0n) is 67.6. The number of unbranched alkanes of at least 4 members (excludes halogenated alkanes) is 2. The Balaban J connectivity index is 0.000000225. The largest absolute Gasteiger partial charge is 0.496 e. The van der Waals surface area contributed by atoms with Crippen LogP contribution in [0.4, 0.5) is 18.4 Å². The second kappa shape index (κ2) is 34.5. The zero-order chi connectivity index (χ0) is 82.8. The average molecular weight is 1590 g/mol. The number of likely N-dealkylation sites (N-methyl/N-ethyl adjacent to an activating group) is 2. The SMILES string of the molecule is CCCCOc1cnc(C(NC(=O)N2CCN(CC)C(=O)C2=O)C(=O)N[C@@H](Cc2cccc(C(=O)O)c2OC)B2O[C@@H]3[C@@H]4C[C@H](C[C@]3(C)O2)C4(C)C)c(F)c1.CCCCOc1cnc(C(NC(=O)N2CCN(CC)C(=O)C2=O)C(=O)N[C@@H](Cc2cccc(C(=O)OC(C)(C)C)c2OC)B2O[C@@H]3[C@@H]4C[C@H](C[C@]3(C)O2)C4(C)C)c(F)c1. The second-order valence-electron chi connectivity index (χ2n) is 33.2. The number of nitrogens with one attached hydrogen (secondary N) is 4. The molecule has 2 aromatic carbocycles. The van der Waals surface area contributed by atoms with Gasteiger partial charge < -0.3 is 78.5 Å². The van der Waals surface area contributed by atoms with Crippen molar-refractivity contribution in [2.24, 2.45) is 34.5 Å². The van der Waals surface area contributed by atoms with Gasteiger partial charge in [0, 0.05) is 51.4 Å². The molecule has 6 heterocycles. The van der Waals surface area contributed by atoms with E-state index >= 15 is 8.78 Å². The van der Waals surface area contributed by atoms with Crippen molar-refractivity contribution in [3.8, 4) is 23.0 Å². The standard InChI is InChI=1S/C42H57BFN5O10.C38H49BFN5O10/c1-10-12-18-56-26-21-29(44)31(45-23-26)32(47-39(54)49-17-16-48(11-2)36(51)37(49)52)35(50)46-30(43-58-34-28-20-25(41(28,6)7)22-42(34,8)59-43)19-24-14-13-15-27(33(24)55-9)38(53)57-40(3,4)5;1-7-9-15-53-23-18-26(40)28(41-20-23)29(43-36(51)45-14-13-44(8-2)33(47)34(45)48)32(46)42-27(16-21-11-10-12-24(35(49)50)30(21)52-6)39-54-31-25-17-22(37(25,3)4)19-38(31,5)55-39/h13-15,21,23,25,28,30,32,34H,10-12,16-20,22H2,1-9H3,(H,46,50)(H,47,54);10-12,18,20,22,25,27,29,31H,7-9,13-17,19H2,1-6H3,(H,42,46)(H,43,51)(H,49,50)/t25-,28+,30+,32?,34-,42+;22-,25+,27+,29?,31-,38+/m11/s1. The van der Waals surface area contributed by atoms with E-state index in [1.165, 1.54) is 42.5 Å². The number of benzene rings is 2. The lowest BCUT2D eigenvalue weighted by Gasteiger charge is -2.63. The van der Waals surface area contributed by atoms with Crippen LogP contribution in [0.25, 0.3) is 0 Å². The van der Waals surface area contributed by atoms with E-state index in [9.17, 15) is 53.1 Å². The molecule has 10 aliphatic rings. The number of carbonyl (C=O) groups excluding carboxylic acids is 9. The Morgan fingerprint density at radius 1 is 0.596 bits per heavy atom. The molecule has 114 heavy (non-hydrogen) atoms. The van der Waals surface area contributed by atoms with E-state index in [1.54, 1.807) is 65.0 Å². The predicted molar refractivity (Wildman–Crippen MR) is 409 cm³/mol. The number of rotatable bonds is 28. The number of hydrogen-bond acceptors (Lipinski definition) is 21. The summed E-state index contributed by atoms with van der Waals surface area (Å²) in [5.41, 5.74) is -2.01. The van der Waals surface area contributed by atoms with Crippen molar-refractivity contribution < 1.29 is 104 Å². The fourth-order valence-electron chi connectivity index (χ4n) is 17.3. The molecule has 30 nitrogen and oxygen atoms in total. The van der Waals surface area contributed by atoms with Gasteiger partial charge in [0.2, 0.25) is 11.8 Å². The van der Waals surface area contributed by atoms with Crippen LogP contribution in [0.5, 0.6) is 23.0 Å². The summed E-state index contributed by atoms with van der Waals surface area (Å²) in [5.74, 6) is -9.75. The molecule has 6 saturated carbocycles. The maximum Gasteiger partial charge on any atom is 0.482 e. The number of ether oxygens (including phenoxy) is 5. The third-order valence-corrected chi connectivity index (χ3v) is 24.0. The Labute approximate surface area is 663 Å². The molecule has 34 heteroatoms. The number of urea groups is 2. The fourth-order valence-corrected chi connectivity index (χ4v) is 17.3. The van der Waals surface area contributed by atoms with E-state index in [0.29, 0.717) is 52.4 Å². The number of para-hydroxylation sites is 2. The molecule has 616 valence electrons. The van der Waals surface area contributed by atoms with Gasteiger partial charge in [-0.15, -0.1) is 0 Å². The van der Waals surface area contributed by atoms with Gasteiger partial charge in [-0.3, -0.25) is 48.5 Å². The van der Waals surface area contributed by atoms with Gasteiger partial charge >= 0.3 is 61.9 Å². The predicted octanol–water partition coefficient (Wildman–Crippen LogP) is 8.34. The van der Waals surface area contributed by atoms with Crippen LogP contribution in [-0.4, -0.2) is 216 Å². The third kappa shape index (κ3) is 17.5. The van der Waals surface area contributed by atoms with Crippen molar-refractivity contribution in [1.29, 1.82) is 0 Å². The molecule has 5 N–H and O–H groups in total. The lowest BCUT2D eigenvalue weighted by Crippen LogP contribution is -2.63. The van der Waals surface area contributed by atoms with E-state index in [0.717, 1.165) is 57.1 Å². The highest BCUT2D eigenvalue weighted by Crippen LogP contribution is 2.66. The number of aromatic nitrogens is 2. The van der Waals surface area contributed by atoms with Crippen molar-refractivity contribution in [3.63, 3.8) is 0 Å². The normalized spacial score (nSPS) is 24.7. The highest BCUT2D eigenvalue weighted by Gasteiger charge is 2.69. The quantitative estimate of drug-likeness (QED) is 0.0154. The third-order valence-electron chi connectivity index (χ3n) is 24.0. The number of imide groups is 2. The zero-order valence-corrected chi connectivity index (χ0v) is 67.6. The van der Waals surface area contributed by atoms with Crippen molar-refractivity contribution >= 4 is 73.7 Å². The average Bonchev–Trinajstić information content (AvgIpc) is 1.46. The number of carboxylic acid groups (broad SMARTS) is 1. The van der Waals surface area contributed by atoms with E-state index in [1.807, 2.05) is 27.7 Å². The summed E-state index contributed by atoms with van der Waals surface area (Å²) in [7, 11) is 0.699. The number of piperazine rings is 2. The molecule has 4 aliphatic heterocycles. The Bertz CT molecular complexity index is 4340. The van der Waals surface area contributed by atoms with Gasteiger partial charge in [0.25, 0.3) is 0 Å². The van der Waals surface area contributed by atoms with Crippen LogP contribution in [-0.2, 0) is 65.0 Å². The molecule has 4 bridgehead atoms. The van der Waals surface area contributed by atoms with Crippen LogP contribution < -0.4 is 40.2 Å². The molecule has 14 rings (SSSR count). The van der Waals surface area contributed by atoms with Crippen LogP contribution in [0.1, 0.15) is 197 Å². The fraction of sp³-hybridized carbons (Fsp3) is 0.600. The minimum Gasteiger partial charge on any atom is -0.496 e. The lowest BCUT2D eigenvalue weighted by molar-refractivity contribution is -0.185. The Morgan fingerprint density at radius 2 is 1.00 bits per heavy atom. The van der Waals surface area contributed by atoms with Crippen molar-refractivity contribution in [3.05, 3.63) is 106 Å². The number of amides is 10. The number of pyridine rings is 2. The molecule has 0 spiro atoms. The number of carbonyl (C=O) groups is 10. The molecule has 12 atom stereocenters. The van der Waals surface area contributed by atoms with Gasteiger partial charge in [-0.1, -0.05) is 78.6 Å². The minimum absolute atomic E-state index is 0.00323. The summed E-state index contributed by atoms with van der Waals surface area (Å²) in [6.07, 6.45) is 8.41. The summed E-state index contributed by atoms with van der Waals surface area (Å²) in [4.78, 5) is 146. The molecular formula is C80H106B2F2N10O20. The van der Waals surface area contributed by atoms with Gasteiger partial charge in [0.1, 0.15) is 51.1 Å². The van der Waals surface area contributed by atoms with Crippen LogP contribution in [0, 0.1) is 46.1 Å². The Hall–Kier alpha value is -9.53. The van der Waals surface area contributed by atoms with Crippen molar-refractivity contribution in [1.82, 2.24) is 50.8 Å². The summed E-state index contributed by atoms with van der Waals surface area (Å²) in [6, 6.07) is 5.94. The van der Waals surface area contributed by atoms with Gasteiger partial charge in [-0.05, 0) is 158 Å². The second-order valence-corrected chi connectivity index (χ2v) is 33.2. The molecule has 2 aromatic heterocycles. The Kier molecular flexibility index (Phi) is 25.8. The number of nitrogens with zero attached hydrogens (tertiary/aromatic N) is 6. The maximum absolute atomic E-state index is 16.1. The van der Waals surface area contributed by atoms with E-state index in [2.05, 4.69) is 58.9 Å². The van der Waals surface area contributed by atoms with Gasteiger partial charge in [0.05, 0.1) is 75.1 Å². The Morgan fingerprint density at radius 3 is 1.36 bits per heavy atom. The number of carboxylic acids is 1. The molecular weight excluding hydrogens is 1480 g/mol. The van der Waals surface area contributed by atoms with Crippen LogP contribution in [0.2, 0.25) is 0 Å². The van der Waals surface area contributed by atoms with Crippen molar-refractivity contribution in [2.45, 2.75) is 207 Å². The molecule has 2 unspecified atom stereocenters. The molecule has 0 radical (unpaired) electrons. The first-order chi connectivity index (χ1) is 53.9. The van der Waals surface area contributed by atoms with Gasteiger partial charge in [-0.25, -0.2) is 28.0 Å². The first-order valence-electron chi connectivity index (χ1n) is 39.4. The van der Waals surface area contributed by atoms with Gasteiger partial charge in [0.15, 0.2) is 23.7 Å². The van der Waals surface area contributed by atoms with E-state index in [4.69, 9.17) is 42.3 Å². The highest BCUT2D eigenvalue weighted by atomic mass is 19.1. The highest BCUT2D eigenvalue weighted by molar-refractivity contribution is 6.48. The van der Waals surface area contributed by atoms with Crippen LogP contribution in [0.15, 0.2) is 60.9 Å². The summed E-state index contributed by atoms with van der Waals surface area (Å²) >= 11 is 0. The maximum atomic E-state index is 16.1. The summed E-state index contributed by atoms with van der Waals surface area (Å²) in [6.45, 7) is 26.5. The number of halogens is 2. The summed E-state index contributed by atoms with van der Waals surface area (Å²) in [5, 5.41) is 20.7. The summed E-state index contributed by atoms with van der Waals surface area (Å²) < 4.78 is 87.0. The van der Waals surface area contributed by atoms with Crippen LogP contribution >= 0.6 is 0 Å². The molecule has 10 fully saturated rings. The van der Waals surface area contributed by atoms with E-state index in [-0.39, 0.29) is 121 Å². The monoisotopic (exact) mass is 1590 g/mol. The number of esters is 1. The minimum atomic E-state index is -1.81. The topological polar surface area (TPSA) is 361 Å². The molecule has 10 amide bonds. The smallest absolute Gasteiger partial charge is 0.482 e. The number of methoxy groups -OCH3 is 2. The lowest BCUT2D eigenvalue weighted by atomic mass is 9.45.